The first kappa shape index (κ1) is 11.9. The molecule has 0 saturated heterocycles. The molecule has 0 heterocycles. The molecule has 0 radical (unpaired) electrons. The maximum absolute atomic E-state index is 8.33. The lowest BCUT2D eigenvalue weighted by atomic mass is 10.2. The molecule has 3 nitrogen and oxygen atoms in total. The molecule has 0 atom stereocenters. The van der Waals surface area contributed by atoms with Crippen LogP contribution < -0.4 is 5.73 Å². The molecule has 82 valence electrons. The van der Waals surface area contributed by atoms with Gasteiger partial charge in [-0.2, -0.15) is 11.8 Å². The molecule has 1 rings (SSSR count). The van der Waals surface area contributed by atoms with E-state index in [1.807, 2.05) is 30.0 Å². The van der Waals surface area contributed by atoms with Crippen LogP contribution in [0, 0.1) is 0 Å². The number of nitrogens with two attached hydrogens (primary N) is 1. The molecule has 1 aromatic carbocycles. The van der Waals surface area contributed by atoms with Gasteiger partial charge in [-0.15, -0.1) is 0 Å². The Morgan fingerprint density at radius 2 is 2.07 bits per heavy atom. The van der Waals surface area contributed by atoms with Crippen molar-refractivity contribution in [2.75, 3.05) is 5.75 Å². The normalized spacial score (nSPS) is 11.6. The number of thioether (sulfide) groups is 1. The monoisotopic (exact) mass is 224 g/mol. The highest BCUT2D eigenvalue weighted by Crippen LogP contribution is 2.13. The van der Waals surface area contributed by atoms with E-state index in [0.717, 1.165) is 17.9 Å². The van der Waals surface area contributed by atoms with Crippen molar-refractivity contribution in [3.8, 4) is 0 Å². The minimum absolute atomic E-state index is 0.315. The molecule has 0 fully saturated rings. The summed E-state index contributed by atoms with van der Waals surface area (Å²) in [4.78, 5) is 0. The minimum atomic E-state index is 0.315. The van der Waals surface area contributed by atoms with Crippen molar-refractivity contribution in [3.63, 3.8) is 0 Å². The number of amidine groups is 1. The minimum Gasteiger partial charge on any atom is -0.409 e. The molecular formula is C11H16N2OS. The van der Waals surface area contributed by atoms with E-state index in [1.54, 1.807) is 0 Å². The van der Waals surface area contributed by atoms with E-state index in [0.29, 0.717) is 12.3 Å². The summed E-state index contributed by atoms with van der Waals surface area (Å²) in [6.07, 6.45) is 1.62. The van der Waals surface area contributed by atoms with Crippen molar-refractivity contribution in [1.29, 1.82) is 0 Å². The standard InChI is InChI=1S/C11H16N2OS/c12-11(13-14)7-4-8-15-9-10-5-2-1-3-6-10/h1-3,5-6,14H,4,7-9H2,(H2,12,13). The maximum Gasteiger partial charge on any atom is 0.139 e. The average Bonchev–Trinajstić information content (AvgIpc) is 2.29. The van der Waals surface area contributed by atoms with E-state index < -0.39 is 0 Å². The third-order valence-electron chi connectivity index (χ3n) is 1.96. The smallest absolute Gasteiger partial charge is 0.139 e. The number of oxime groups is 1. The van der Waals surface area contributed by atoms with Crippen molar-refractivity contribution in [2.45, 2.75) is 18.6 Å². The average molecular weight is 224 g/mol. The van der Waals surface area contributed by atoms with Crippen LogP contribution in [0.2, 0.25) is 0 Å². The van der Waals surface area contributed by atoms with E-state index in [2.05, 4.69) is 17.3 Å². The molecule has 15 heavy (non-hydrogen) atoms. The molecule has 0 aromatic heterocycles. The van der Waals surface area contributed by atoms with Crippen LogP contribution in [-0.2, 0) is 5.75 Å². The molecular weight excluding hydrogens is 208 g/mol. The third kappa shape index (κ3) is 5.32. The second kappa shape index (κ2) is 7.17. The van der Waals surface area contributed by atoms with Gasteiger partial charge in [0.25, 0.3) is 0 Å². The van der Waals surface area contributed by atoms with Crippen molar-refractivity contribution < 1.29 is 5.21 Å². The van der Waals surface area contributed by atoms with Gasteiger partial charge >= 0.3 is 0 Å². The first-order valence-electron chi connectivity index (χ1n) is 4.91. The highest BCUT2D eigenvalue weighted by molar-refractivity contribution is 7.98. The predicted octanol–water partition coefficient (Wildman–Crippen LogP) is 2.45. The molecule has 4 heteroatoms. The van der Waals surface area contributed by atoms with Gasteiger partial charge in [-0.05, 0) is 17.7 Å². The molecule has 0 aliphatic heterocycles. The quantitative estimate of drug-likeness (QED) is 0.256. The maximum atomic E-state index is 8.33. The fraction of sp³-hybridized carbons (Fsp3) is 0.364. The van der Waals surface area contributed by atoms with Crippen LogP contribution in [0.3, 0.4) is 0 Å². The van der Waals surface area contributed by atoms with E-state index in [4.69, 9.17) is 10.9 Å². The van der Waals surface area contributed by atoms with Crippen LogP contribution in [0.1, 0.15) is 18.4 Å². The van der Waals surface area contributed by atoms with Crippen molar-refractivity contribution in [2.24, 2.45) is 10.9 Å². The first-order valence-corrected chi connectivity index (χ1v) is 6.06. The zero-order valence-electron chi connectivity index (χ0n) is 8.60. The Bertz CT molecular complexity index is 301. The topological polar surface area (TPSA) is 58.6 Å². The Hall–Kier alpha value is -1.16. The van der Waals surface area contributed by atoms with Crippen molar-refractivity contribution in [1.82, 2.24) is 0 Å². The lowest BCUT2D eigenvalue weighted by Crippen LogP contribution is -2.11. The fourth-order valence-corrected chi connectivity index (χ4v) is 2.09. The molecule has 0 amide bonds. The Morgan fingerprint density at radius 3 is 2.73 bits per heavy atom. The number of hydrogen-bond acceptors (Lipinski definition) is 3. The van der Waals surface area contributed by atoms with Gasteiger partial charge in [0.15, 0.2) is 0 Å². The molecule has 1 aromatic rings. The zero-order valence-corrected chi connectivity index (χ0v) is 9.41. The van der Waals surface area contributed by atoms with Gasteiger partial charge in [0, 0.05) is 12.2 Å². The number of rotatable bonds is 6. The van der Waals surface area contributed by atoms with Crippen LogP contribution in [0.4, 0.5) is 0 Å². The molecule has 0 saturated carbocycles. The number of benzene rings is 1. The van der Waals surface area contributed by atoms with Gasteiger partial charge in [0.1, 0.15) is 5.84 Å². The summed E-state index contributed by atoms with van der Waals surface area (Å²) in [5, 5.41) is 11.3. The SMILES string of the molecule is N/C(CCCSCc1ccccc1)=N\O. The van der Waals surface area contributed by atoms with Crippen LogP contribution >= 0.6 is 11.8 Å². The molecule has 0 aliphatic carbocycles. The molecule has 0 aliphatic rings. The molecule has 0 bridgehead atoms. The lowest BCUT2D eigenvalue weighted by molar-refractivity contribution is 0.317. The van der Waals surface area contributed by atoms with Crippen molar-refractivity contribution >= 4 is 17.6 Å². The highest BCUT2D eigenvalue weighted by Gasteiger charge is 1.95. The Morgan fingerprint density at radius 1 is 1.33 bits per heavy atom. The number of hydrogen-bond donors (Lipinski definition) is 2. The second-order valence-corrected chi connectivity index (χ2v) is 4.34. The van der Waals surface area contributed by atoms with Gasteiger partial charge in [0.2, 0.25) is 0 Å². The van der Waals surface area contributed by atoms with Gasteiger partial charge in [-0.3, -0.25) is 0 Å². The molecule has 0 spiro atoms. The summed E-state index contributed by atoms with van der Waals surface area (Å²) in [5.74, 6) is 2.37. The van der Waals surface area contributed by atoms with Crippen LogP contribution in [0.15, 0.2) is 35.5 Å². The fourth-order valence-electron chi connectivity index (χ4n) is 1.17. The zero-order chi connectivity index (χ0) is 10.9. The van der Waals surface area contributed by atoms with Crippen LogP contribution in [0.5, 0.6) is 0 Å². The first-order chi connectivity index (χ1) is 7.33. The van der Waals surface area contributed by atoms with Gasteiger partial charge in [-0.25, -0.2) is 0 Å². The number of nitrogens with zero attached hydrogens (tertiary/aromatic N) is 1. The summed E-state index contributed by atoms with van der Waals surface area (Å²) in [5.41, 5.74) is 6.70. The Kier molecular flexibility index (Phi) is 5.70. The summed E-state index contributed by atoms with van der Waals surface area (Å²) < 4.78 is 0. The Balaban J connectivity index is 2.08. The lowest BCUT2D eigenvalue weighted by Gasteiger charge is -2.01. The van der Waals surface area contributed by atoms with Crippen LogP contribution in [-0.4, -0.2) is 16.8 Å². The summed E-state index contributed by atoms with van der Waals surface area (Å²) in [6, 6.07) is 10.4. The summed E-state index contributed by atoms with van der Waals surface area (Å²) >= 11 is 1.87. The summed E-state index contributed by atoms with van der Waals surface area (Å²) in [7, 11) is 0. The van der Waals surface area contributed by atoms with Crippen molar-refractivity contribution in [3.05, 3.63) is 35.9 Å². The highest BCUT2D eigenvalue weighted by atomic mass is 32.2. The Labute approximate surface area is 94.4 Å². The van der Waals surface area contributed by atoms with E-state index in [1.165, 1.54) is 5.56 Å². The van der Waals surface area contributed by atoms with Gasteiger partial charge in [0.05, 0.1) is 0 Å². The van der Waals surface area contributed by atoms with Gasteiger partial charge in [-0.1, -0.05) is 35.5 Å². The largest absolute Gasteiger partial charge is 0.409 e. The molecule has 0 unspecified atom stereocenters. The van der Waals surface area contributed by atoms with E-state index in [9.17, 15) is 0 Å². The van der Waals surface area contributed by atoms with E-state index in [-0.39, 0.29) is 0 Å². The third-order valence-corrected chi connectivity index (χ3v) is 3.08. The second-order valence-electron chi connectivity index (χ2n) is 3.23. The van der Waals surface area contributed by atoms with Gasteiger partial charge < -0.3 is 10.9 Å². The van der Waals surface area contributed by atoms with Crippen LogP contribution in [0.25, 0.3) is 0 Å². The molecule has 3 N–H and O–H groups in total. The predicted molar refractivity (Wildman–Crippen MR) is 65.2 cm³/mol. The summed E-state index contributed by atoms with van der Waals surface area (Å²) in [6.45, 7) is 0. The van der Waals surface area contributed by atoms with E-state index >= 15 is 0 Å².